The van der Waals surface area contributed by atoms with E-state index in [1.165, 1.54) is 0 Å². The molecule has 60 valence electrons. The van der Waals surface area contributed by atoms with E-state index in [0.29, 0.717) is 0 Å². The van der Waals surface area contributed by atoms with Crippen molar-refractivity contribution >= 4 is 0 Å². The molecule has 0 aliphatic heterocycles. The molecule has 0 aromatic heterocycles. The normalized spacial score (nSPS) is 30.0. The van der Waals surface area contributed by atoms with Gasteiger partial charge in [0, 0.05) is 12.8 Å². The minimum absolute atomic E-state index is 0. The van der Waals surface area contributed by atoms with Crippen molar-refractivity contribution in [2.24, 2.45) is 5.73 Å². The molecule has 3 N–H and O–H groups in total. The molecule has 1 fully saturated rings. The third-order valence-corrected chi connectivity index (χ3v) is 1.85. The number of rotatable bonds is 0. The van der Waals surface area contributed by atoms with E-state index in [-0.39, 0.29) is 25.7 Å². The first-order chi connectivity index (χ1) is 4.41. The third-order valence-electron chi connectivity index (χ3n) is 1.85. The molecule has 1 aliphatic carbocycles. The molecule has 0 saturated heterocycles. The molecule has 4 heteroatoms. The fourth-order valence-electron chi connectivity index (χ4n) is 1.05. The van der Waals surface area contributed by atoms with Gasteiger partial charge in [-0.05, 0) is 12.8 Å². The number of hydrogen-bond acceptors (Lipinski definition) is 2. The van der Waals surface area contributed by atoms with Crippen LogP contribution in [0.15, 0.2) is 0 Å². The molecule has 0 atom stereocenters. The van der Waals surface area contributed by atoms with E-state index >= 15 is 0 Å². The minimum atomic E-state index is -2.61. The first-order valence-electron chi connectivity index (χ1n) is 3.30. The monoisotopic (exact) mass is 151 g/mol. The summed E-state index contributed by atoms with van der Waals surface area (Å²) in [6.45, 7) is 0. The molecule has 0 spiro atoms. The zero-order valence-electron chi connectivity index (χ0n) is 5.61. The fraction of sp³-hybridized carbons (Fsp3) is 1.00. The van der Waals surface area contributed by atoms with Crippen LogP contribution in [0.1, 0.15) is 25.7 Å². The van der Waals surface area contributed by atoms with Crippen LogP contribution in [0, 0.1) is 0 Å². The predicted molar refractivity (Wildman–Crippen MR) is 32.6 cm³/mol. The Balaban J connectivity index is 2.46. The van der Waals surface area contributed by atoms with Crippen LogP contribution in [-0.4, -0.2) is 16.8 Å². The molecular formula is C6H11F2NO. The fourth-order valence-corrected chi connectivity index (χ4v) is 1.05. The zero-order valence-corrected chi connectivity index (χ0v) is 5.61. The highest BCUT2D eigenvalue weighted by molar-refractivity contribution is 4.83. The lowest BCUT2D eigenvalue weighted by molar-refractivity contribution is -0.101. The van der Waals surface area contributed by atoms with Gasteiger partial charge >= 0.3 is 0 Å². The van der Waals surface area contributed by atoms with Gasteiger partial charge in [0.2, 0.25) is 5.92 Å². The van der Waals surface area contributed by atoms with Gasteiger partial charge in [-0.3, -0.25) is 0 Å². The van der Waals surface area contributed by atoms with Crippen molar-refractivity contribution in [1.82, 2.24) is 0 Å². The average molecular weight is 151 g/mol. The van der Waals surface area contributed by atoms with Crippen LogP contribution in [0.5, 0.6) is 0 Å². The minimum Gasteiger partial charge on any atom is -0.376 e. The van der Waals surface area contributed by atoms with Crippen LogP contribution in [0.4, 0.5) is 8.78 Å². The molecule has 0 unspecified atom stereocenters. The first kappa shape index (κ1) is 7.88. The largest absolute Gasteiger partial charge is 0.376 e. The standard InChI is InChI=1S/C6H11F2NO/c7-5(8)1-3-6(9,10)4-2-5/h10H,1-4,9H2. The Morgan fingerprint density at radius 2 is 1.50 bits per heavy atom. The molecule has 10 heavy (non-hydrogen) atoms. The van der Waals surface area contributed by atoms with E-state index < -0.39 is 11.6 Å². The van der Waals surface area contributed by atoms with E-state index in [9.17, 15) is 8.78 Å². The van der Waals surface area contributed by atoms with Crippen molar-refractivity contribution in [3.05, 3.63) is 0 Å². The highest BCUT2D eigenvalue weighted by Gasteiger charge is 2.39. The quantitative estimate of drug-likeness (QED) is 0.504. The SMILES string of the molecule is NC1(O)CCC(F)(F)CC1. The van der Waals surface area contributed by atoms with E-state index in [2.05, 4.69) is 0 Å². The molecule has 0 aromatic rings. The van der Waals surface area contributed by atoms with Gasteiger partial charge in [-0.25, -0.2) is 8.78 Å². The topological polar surface area (TPSA) is 46.2 Å². The molecule has 1 rings (SSSR count). The summed E-state index contributed by atoms with van der Waals surface area (Å²) in [7, 11) is 0. The summed E-state index contributed by atoms with van der Waals surface area (Å²) in [6, 6.07) is 0. The Kier molecular flexibility index (Phi) is 1.68. The van der Waals surface area contributed by atoms with E-state index in [4.69, 9.17) is 10.8 Å². The first-order valence-corrected chi connectivity index (χ1v) is 3.30. The maximum Gasteiger partial charge on any atom is 0.248 e. The van der Waals surface area contributed by atoms with Crippen molar-refractivity contribution < 1.29 is 13.9 Å². The molecule has 0 heterocycles. The zero-order chi connectivity index (χ0) is 7.83. The number of alkyl halides is 2. The maximum absolute atomic E-state index is 12.4. The van der Waals surface area contributed by atoms with Crippen LogP contribution >= 0.6 is 0 Å². The Labute approximate surface area is 58.0 Å². The predicted octanol–water partition coefficient (Wildman–Crippen LogP) is 0.843. The van der Waals surface area contributed by atoms with Gasteiger partial charge in [-0.15, -0.1) is 0 Å². The van der Waals surface area contributed by atoms with E-state index in [1.807, 2.05) is 0 Å². The van der Waals surface area contributed by atoms with Gasteiger partial charge in [-0.2, -0.15) is 0 Å². The smallest absolute Gasteiger partial charge is 0.248 e. The van der Waals surface area contributed by atoms with Crippen LogP contribution in [0.2, 0.25) is 0 Å². The van der Waals surface area contributed by atoms with Gasteiger partial charge in [0.1, 0.15) is 5.72 Å². The lowest BCUT2D eigenvalue weighted by Crippen LogP contribution is -2.45. The number of hydrogen-bond donors (Lipinski definition) is 2. The number of nitrogens with two attached hydrogens (primary N) is 1. The second kappa shape index (κ2) is 2.13. The van der Waals surface area contributed by atoms with Gasteiger partial charge < -0.3 is 10.8 Å². The number of aliphatic hydroxyl groups is 1. The van der Waals surface area contributed by atoms with Crippen LogP contribution in [0.25, 0.3) is 0 Å². The summed E-state index contributed by atoms with van der Waals surface area (Å²) >= 11 is 0. The Bertz CT molecular complexity index is 108. The number of halogens is 2. The Morgan fingerprint density at radius 3 is 1.80 bits per heavy atom. The third kappa shape index (κ3) is 1.88. The lowest BCUT2D eigenvalue weighted by atomic mass is 9.90. The molecule has 1 aliphatic rings. The average Bonchev–Trinajstić information content (AvgIpc) is 1.79. The van der Waals surface area contributed by atoms with Crippen molar-refractivity contribution in [1.29, 1.82) is 0 Å². The molecule has 0 aromatic carbocycles. The molecule has 0 amide bonds. The second-order valence-corrected chi connectivity index (χ2v) is 2.96. The summed E-state index contributed by atoms with van der Waals surface area (Å²) in [5.41, 5.74) is 3.88. The Morgan fingerprint density at radius 1 is 1.10 bits per heavy atom. The van der Waals surface area contributed by atoms with Gasteiger partial charge in [0.25, 0.3) is 0 Å². The van der Waals surface area contributed by atoms with Crippen molar-refractivity contribution in [3.8, 4) is 0 Å². The van der Waals surface area contributed by atoms with Crippen LogP contribution in [0.3, 0.4) is 0 Å². The van der Waals surface area contributed by atoms with Crippen molar-refractivity contribution in [2.75, 3.05) is 0 Å². The summed E-state index contributed by atoms with van der Waals surface area (Å²) in [6.07, 6.45) is -0.583. The van der Waals surface area contributed by atoms with Crippen molar-refractivity contribution in [3.63, 3.8) is 0 Å². The molecule has 0 radical (unpaired) electrons. The molecule has 2 nitrogen and oxygen atoms in total. The highest BCUT2D eigenvalue weighted by Crippen LogP contribution is 2.35. The van der Waals surface area contributed by atoms with E-state index in [1.54, 1.807) is 0 Å². The van der Waals surface area contributed by atoms with E-state index in [0.717, 1.165) is 0 Å². The van der Waals surface area contributed by atoms with Gasteiger partial charge in [0.15, 0.2) is 0 Å². The van der Waals surface area contributed by atoms with Crippen LogP contribution < -0.4 is 5.73 Å². The van der Waals surface area contributed by atoms with Crippen molar-refractivity contribution in [2.45, 2.75) is 37.3 Å². The summed E-state index contributed by atoms with van der Waals surface area (Å²) in [5, 5.41) is 9.05. The molecular weight excluding hydrogens is 140 g/mol. The Hall–Kier alpha value is -0.220. The second-order valence-electron chi connectivity index (χ2n) is 2.96. The van der Waals surface area contributed by atoms with Gasteiger partial charge in [0.05, 0.1) is 0 Å². The molecule has 1 saturated carbocycles. The molecule has 0 bridgehead atoms. The van der Waals surface area contributed by atoms with Gasteiger partial charge in [-0.1, -0.05) is 0 Å². The summed E-state index contributed by atoms with van der Waals surface area (Å²) < 4.78 is 24.8. The lowest BCUT2D eigenvalue weighted by Gasteiger charge is -2.32. The maximum atomic E-state index is 12.4. The summed E-state index contributed by atoms with van der Waals surface area (Å²) in [4.78, 5) is 0. The highest BCUT2D eigenvalue weighted by atomic mass is 19.3. The summed E-state index contributed by atoms with van der Waals surface area (Å²) in [5.74, 6) is -2.61. The van der Waals surface area contributed by atoms with Crippen LogP contribution in [-0.2, 0) is 0 Å².